The number of carbonyl (C=O) groups is 2. The number of amides is 2. The van der Waals surface area contributed by atoms with E-state index in [0.717, 1.165) is 25.0 Å². The van der Waals surface area contributed by atoms with Crippen LogP contribution >= 0.6 is 0 Å². The molecule has 1 aliphatic rings. The average molecular weight is 382 g/mol. The Hall–Kier alpha value is -2.86. The van der Waals surface area contributed by atoms with E-state index in [1.54, 1.807) is 30.3 Å². The summed E-state index contributed by atoms with van der Waals surface area (Å²) in [7, 11) is 0. The molecule has 6 nitrogen and oxygen atoms in total. The number of benzene rings is 2. The maximum absolute atomic E-state index is 12.5. The van der Waals surface area contributed by atoms with E-state index in [1.807, 2.05) is 25.1 Å². The van der Waals surface area contributed by atoms with Crippen molar-refractivity contribution >= 4 is 17.5 Å². The Balaban J connectivity index is 1.52. The van der Waals surface area contributed by atoms with Crippen molar-refractivity contribution in [1.29, 1.82) is 0 Å². The van der Waals surface area contributed by atoms with Crippen LogP contribution in [0.15, 0.2) is 48.5 Å². The van der Waals surface area contributed by atoms with Crippen molar-refractivity contribution in [3.8, 4) is 5.75 Å². The lowest BCUT2D eigenvalue weighted by atomic mass is 10.1. The Morgan fingerprint density at radius 2 is 1.93 bits per heavy atom. The van der Waals surface area contributed by atoms with Crippen LogP contribution in [-0.2, 0) is 16.0 Å². The summed E-state index contributed by atoms with van der Waals surface area (Å²) in [5, 5.41) is 5.78. The van der Waals surface area contributed by atoms with E-state index in [-0.39, 0.29) is 17.9 Å². The third-order valence-corrected chi connectivity index (χ3v) is 4.56. The lowest BCUT2D eigenvalue weighted by Gasteiger charge is -2.12. The largest absolute Gasteiger partial charge is 0.493 e. The molecule has 0 saturated carbocycles. The zero-order valence-electron chi connectivity index (χ0n) is 16.1. The first-order valence-corrected chi connectivity index (χ1v) is 9.66. The Morgan fingerprint density at radius 1 is 1.14 bits per heavy atom. The van der Waals surface area contributed by atoms with Crippen LogP contribution in [0.2, 0.25) is 0 Å². The van der Waals surface area contributed by atoms with Gasteiger partial charge in [0.15, 0.2) is 0 Å². The molecule has 1 atom stereocenters. The van der Waals surface area contributed by atoms with Crippen molar-refractivity contribution in [1.82, 2.24) is 5.32 Å². The van der Waals surface area contributed by atoms with Gasteiger partial charge < -0.3 is 20.1 Å². The van der Waals surface area contributed by atoms with E-state index in [9.17, 15) is 9.59 Å². The highest BCUT2D eigenvalue weighted by Crippen LogP contribution is 2.20. The van der Waals surface area contributed by atoms with E-state index >= 15 is 0 Å². The van der Waals surface area contributed by atoms with Gasteiger partial charge in [-0.25, -0.2) is 0 Å². The summed E-state index contributed by atoms with van der Waals surface area (Å²) < 4.78 is 11.0. The molecule has 0 bridgehead atoms. The lowest BCUT2D eigenvalue weighted by molar-refractivity contribution is -0.120. The van der Waals surface area contributed by atoms with Crippen LogP contribution in [0.4, 0.5) is 5.69 Å². The third-order valence-electron chi connectivity index (χ3n) is 4.56. The van der Waals surface area contributed by atoms with E-state index in [1.165, 1.54) is 0 Å². The van der Waals surface area contributed by atoms with Crippen molar-refractivity contribution < 1.29 is 19.1 Å². The molecule has 148 valence electrons. The van der Waals surface area contributed by atoms with Gasteiger partial charge in [-0.1, -0.05) is 24.3 Å². The zero-order chi connectivity index (χ0) is 19.8. The molecular weight excluding hydrogens is 356 g/mol. The molecule has 6 heteroatoms. The van der Waals surface area contributed by atoms with Gasteiger partial charge in [0.2, 0.25) is 5.91 Å². The summed E-state index contributed by atoms with van der Waals surface area (Å²) in [5.41, 5.74) is 2.04. The summed E-state index contributed by atoms with van der Waals surface area (Å²) in [6.45, 7) is 3.72. The average Bonchev–Trinajstić information content (AvgIpc) is 3.22. The standard InChI is InChI=1S/C22H26N2O4/c1-2-27-20-8-4-3-7-19(20)22(26)24-17-11-9-16(10-12-17)14-21(25)23-15-18-6-5-13-28-18/h3-4,7-12,18H,2,5-6,13-15H2,1H3,(H,23,25)(H,24,26). The van der Waals surface area contributed by atoms with E-state index in [4.69, 9.17) is 9.47 Å². The fourth-order valence-electron chi connectivity index (χ4n) is 3.12. The van der Waals surface area contributed by atoms with Crippen molar-refractivity contribution in [2.24, 2.45) is 0 Å². The molecule has 1 fully saturated rings. The first kappa shape index (κ1) is 19.9. The maximum Gasteiger partial charge on any atom is 0.259 e. The van der Waals surface area contributed by atoms with Crippen molar-refractivity contribution in [3.05, 3.63) is 59.7 Å². The van der Waals surface area contributed by atoms with E-state index in [2.05, 4.69) is 10.6 Å². The zero-order valence-corrected chi connectivity index (χ0v) is 16.1. The molecule has 28 heavy (non-hydrogen) atoms. The second-order valence-electron chi connectivity index (χ2n) is 6.70. The predicted octanol–water partition coefficient (Wildman–Crippen LogP) is 3.18. The predicted molar refractivity (Wildman–Crippen MR) is 108 cm³/mol. The van der Waals surface area contributed by atoms with Crippen LogP contribution < -0.4 is 15.4 Å². The molecule has 1 saturated heterocycles. The Kier molecular flexibility index (Phi) is 7.03. The van der Waals surface area contributed by atoms with Gasteiger partial charge in [-0.2, -0.15) is 0 Å². The van der Waals surface area contributed by atoms with Gasteiger partial charge in [0.05, 0.1) is 24.7 Å². The Labute approximate surface area is 165 Å². The van der Waals surface area contributed by atoms with Crippen molar-refractivity contribution in [2.75, 3.05) is 25.1 Å². The second kappa shape index (κ2) is 9.90. The first-order chi connectivity index (χ1) is 13.7. The SMILES string of the molecule is CCOc1ccccc1C(=O)Nc1ccc(CC(=O)NCC2CCCO2)cc1. The number of anilines is 1. The van der Waals surface area contributed by atoms with Crippen LogP contribution in [0.3, 0.4) is 0 Å². The smallest absolute Gasteiger partial charge is 0.259 e. The van der Waals surface area contributed by atoms with Crippen LogP contribution in [0.25, 0.3) is 0 Å². The summed E-state index contributed by atoms with van der Waals surface area (Å²) in [5.74, 6) is 0.297. The molecule has 2 N–H and O–H groups in total. The number of carbonyl (C=O) groups excluding carboxylic acids is 2. The van der Waals surface area contributed by atoms with Crippen LogP contribution in [-0.4, -0.2) is 37.7 Å². The molecule has 0 radical (unpaired) electrons. The third kappa shape index (κ3) is 5.57. The summed E-state index contributed by atoms with van der Waals surface area (Å²) in [4.78, 5) is 24.6. The monoisotopic (exact) mass is 382 g/mol. The van der Waals surface area contributed by atoms with Gasteiger partial charge >= 0.3 is 0 Å². The van der Waals surface area contributed by atoms with E-state index < -0.39 is 0 Å². The highest BCUT2D eigenvalue weighted by Gasteiger charge is 2.16. The van der Waals surface area contributed by atoms with Crippen LogP contribution in [0, 0.1) is 0 Å². The highest BCUT2D eigenvalue weighted by atomic mass is 16.5. The fraction of sp³-hybridized carbons (Fsp3) is 0.364. The number of rotatable bonds is 8. The van der Waals surface area contributed by atoms with Gasteiger partial charge in [0.1, 0.15) is 5.75 Å². The molecule has 0 aromatic heterocycles. The summed E-state index contributed by atoms with van der Waals surface area (Å²) >= 11 is 0. The van der Waals surface area contributed by atoms with Crippen LogP contribution in [0.5, 0.6) is 5.75 Å². The Morgan fingerprint density at radius 3 is 2.64 bits per heavy atom. The number of hydrogen-bond donors (Lipinski definition) is 2. The van der Waals surface area contributed by atoms with Crippen LogP contribution in [0.1, 0.15) is 35.7 Å². The molecule has 0 aliphatic carbocycles. The molecular formula is C22H26N2O4. The first-order valence-electron chi connectivity index (χ1n) is 9.66. The van der Waals surface area contributed by atoms with Gasteiger partial charge in [0.25, 0.3) is 5.91 Å². The minimum atomic E-state index is -0.230. The van der Waals surface area contributed by atoms with Gasteiger partial charge in [0, 0.05) is 18.8 Å². The normalized spacial score (nSPS) is 15.8. The number of hydrogen-bond acceptors (Lipinski definition) is 4. The molecule has 1 aliphatic heterocycles. The quantitative estimate of drug-likeness (QED) is 0.735. The minimum absolute atomic E-state index is 0.0297. The number of nitrogens with one attached hydrogen (secondary N) is 2. The molecule has 2 aromatic carbocycles. The van der Waals surface area contributed by atoms with Gasteiger partial charge in [-0.15, -0.1) is 0 Å². The minimum Gasteiger partial charge on any atom is -0.493 e. The molecule has 1 unspecified atom stereocenters. The van der Waals surface area contributed by atoms with E-state index in [0.29, 0.717) is 36.6 Å². The lowest BCUT2D eigenvalue weighted by Crippen LogP contribution is -2.32. The fourth-order valence-corrected chi connectivity index (χ4v) is 3.12. The highest BCUT2D eigenvalue weighted by molar-refractivity contribution is 6.06. The molecule has 2 amide bonds. The van der Waals surface area contributed by atoms with Crippen molar-refractivity contribution in [3.63, 3.8) is 0 Å². The molecule has 2 aromatic rings. The summed E-state index contributed by atoms with van der Waals surface area (Å²) in [6, 6.07) is 14.4. The number of para-hydroxylation sites is 1. The molecule has 1 heterocycles. The maximum atomic E-state index is 12.5. The van der Waals surface area contributed by atoms with Gasteiger partial charge in [-0.05, 0) is 49.6 Å². The Bertz CT molecular complexity index is 798. The van der Waals surface area contributed by atoms with Gasteiger partial charge in [-0.3, -0.25) is 9.59 Å². The second-order valence-corrected chi connectivity index (χ2v) is 6.70. The summed E-state index contributed by atoms with van der Waals surface area (Å²) in [6.07, 6.45) is 2.50. The topological polar surface area (TPSA) is 76.7 Å². The van der Waals surface area contributed by atoms with Crippen molar-refractivity contribution in [2.45, 2.75) is 32.3 Å². The molecule has 0 spiro atoms. The molecule has 3 rings (SSSR count). The number of ether oxygens (including phenoxy) is 2.